The summed E-state index contributed by atoms with van der Waals surface area (Å²) in [6.07, 6.45) is 9.25. The van der Waals surface area contributed by atoms with Gasteiger partial charge in [-0.3, -0.25) is 0 Å². The second-order valence-electron chi connectivity index (χ2n) is 5.28. The molecule has 0 aromatic carbocycles. The number of halogens is 1. The molecule has 0 radical (unpaired) electrons. The van der Waals surface area contributed by atoms with Crippen molar-refractivity contribution in [2.24, 2.45) is 0 Å². The molecule has 1 N–H and O–H groups in total. The van der Waals surface area contributed by atoms with Crippen LogP contribution in [0.2, 0.25) is 0 Å². The van der Waals surface area contributed by atoms with E-state index in [1.807, 2.05) is 0 Å². The quantitative estimate of drug-likeness (QED) is 0.427. The van der Waals surface area contributed by atoms with Crippen LogP contribution in [0.5, 0.6) is 0 Å². The van der Waals surface area contributed by atoms with Crippen molar-refractivity contribution in [1.29, 1.82) is 0 Å². The zero-order chi connectivity index (χ0) is 12.3. The lowest BCUT2D eigenvalue weighted by molar-refractivity contribution is -0.910. The summed E-state index contributed by atoms with van der Waals surface area (Å²) >= 11 is 0. The zero-order valence-electron chi connectivity index (χ0n) is 12.1. The topological polar surface area (TPSA) is 20.2 Å². The number of rotatable bonds is 11. The van der Waals surface area contributed by atoms with Crippen molar-refractivity contribution in [1.82, 2.24) is 0 Å². The number of likely N-dealkylation sites (N-methyl/N-ethyl adjacent to an activating group) is 1. The van der Waals surface area contributed by atoms with Crippen LogP contribution in [-0.4, -0.2) is 42.9 Å². The van der Waals surface area contributed by atoms with E-state index in [1.54, 1.807) is 0 Å². The van der Waals surface area contributed by atoms with Crippen molar-refractivity contribution in [2.45, 2.75) is 58.8 Å². The first-order chi connectivity index (χ1) is 7.68. The molecule has 0 fully saturated rings. The largest absolute Gasteiger partial charge is 1.00 e. The van der Waals surface area contributed by atoms with Gasteiger partial charge >= 0.3 is 0 Å². The van der Waals surface area contributed by atoms with Crippen LogP contribution >= 0.6 is 0 Å². The Kier molecular flexibility index (Phi) is 14.9. The van der Waals surface area contributed by atoms with Gasteiger partial charge in [0.15, 0.2) is 0 Å². The van der Waals surface area contributed by atoms with Crippen molar-refractivity contribution >= 4 is 0 Å². The minimum Gasteiger partial charge on any atom is -1.00 e. The second-order valence-corrected chi connectivity index (χ2v) is 5.28. The van der Waals surface area contributed by atoms with Gasteiger partial charge in [0.05, 0.1) is 26.7 Å². The number of aliphatic hydroxyl groups excluding tert-OH is 1. The number of hydrogen-bond acceptors (Lipinski definition) is 1. The molecule has 0 rings (SSSR count). The van der Waals surface area contributed by atoms with Gasteiger partial charge in [0, 0.05) is 0 Å². The highest BCUT2D eigenvalue weighted by Gasteiger charge is 2.19. The third kappa shape index (κ3) is 11.2. The molecule has 1 unspecified atom stereocenters. The van der Waals surface area contributed by atoms with Crippen LogP contribution in [-0.2, 0) is 0 Å². The van der Waals surface area contributed by atoms with Crippen molar-refractivity contribution in [3.63, 3.8) is 0 Å². The number of aliphatic hydroxyl groups is 1. The zero-order valence-corrected chi connectivity index (χ0v) is 13.6. The third-order valence-corrected chi connectivity index (χ3v) is 3.49. The first-order valence-corrected chi connectivity index (χ1v) is 7.13. The Morgan fingerprint density at radius 3 is 1.71 bits per heavy atom. The maximum absolute atomic E-state index is 9.15. The highest BCUT2D eigenvalue weighted by Crippen LogP contribution is 2.10. The predicted molar refractivity (Wildman–Crippen MR) is 71.5 cm³/mol. The fraction of sp³-hybridized carbons (Fsp3) is 1.00. The summed E-state index contributed by atoms with van der Waals surface area (Å²) < 4.78 is 1.07. The van der Waals surface area contributed by atoms with E-state index >= 15 is 0 Å². The Balaban J connectivity index is 0. The molecule has 0 bridgehead atoms. The van der Waals surface area contributed by atoms with Crippen LogP contribution in [0.3, 0.4) is 0 Å². The van der Waals surface area contributed by atoms with Gasteiger partial charge < -0.3 is 26.6 Å². The summed E-state index contributed by atoms with van der Waals surface area (Å²) in [5, 5.41) is 9.15. The average Bonchev–Trinajstić information content (AvgIpc) is 2.25. The van der Waals surface area contributed by atoms with Gasteiger partial charge in [-0.25, -0.2) is 0 Å². The molecule has 1 atom stereocenters. The average molecular weight is 310 g/mol. The molecule has 106 valence electrons. The van der Waals surface area contributed by atoms with Gasteiger partial charge in [-0.15, -0.1) is 0 Å². The van der Waals surface area contributed by atoms with Gasteiger partial charge in [0.1, 0.15) is 6.54 Å². The number of nitrogens with zero attached hydrogens (tertiary/aromatic N) is 1. The maximum atomic E-state index is 9.15. The van der Waals surface area contributed by atoms with E-state index in [0.717, 1.165) is 11.0 Å². The van der Waals surface area contributed by atoms with Crippen molar-refractivity contribution in [3.8, 4) is 0 Å². The lowest BCUT2D eigenvalue weighted by Crippen LogP contribution is -3.00. The maximum Gasteiger partial charge on any atom is 0.102 e. The lowest BCUT2D eigenvalue weighted by Gasteiger charge is -2.34. The Hall–Kier alpha value is 0.400. The Labute approximate surface area is 119 Å². The van der Waals surface area contributed by atoms with Crippen LogP contribution < -0.4 is 17.0 Å². The fourth-order valence-electron chi connectivity index (χ4n) is 2.24. The number of hydrogen-bond donors (Lipinski definition) is 1. The summed E-state index contributed by atoms with van der Waals surface area (Å²) in [5.74, 6) is 0. The number of unbranched alkanes of at least 4 members (excludes halogenated alkanes) is 5. The normalized spacial score (nSPS) is 14.1. The van der Waals surface area contributed by atoms with E-state index in [9.17, 15) is 0 Å². The summed E-state index contributed by atoms with van der Waals surface area (Å²) in [6.45, 7) is 8.23. The summed E-state index contributed by atoms with van der Waals surface area (Å²) in [5.41, 5.74) is 0. The molecule has 0 spiro atoms. The van der Waals surface area contributed by atoms with Crippen LogP contribution in [0.4, 0.5) is 0 Å². The molecule has 0 heterocycles. The van der Waals surface area contributed by atoms with Gasteiger partial charge in [0.2, 0.25) is 0 Å². The van der Waals surface area contributed by atoms with Gasteiger partial charge in [-0.2, -0.15) is 0 Å². The molecular weight excluding hydrogens is 278 g/mol. The molecule has 0 aliphatic heterocycles. The summed E-state index contributed by atoms with van der Waals surface area (Å²) in [4.78, 5) is 0. The lowest BCUT2D eigenvalue weighted by atomic mass is 10.1. The first-order valence-electron chi connectivity index (χ1n) is 7.13. The molecule has 0 saturated heterocycles. The van der Waals surface area contributed by atoms with Crippen LogP contribution in [0, 0.1) is 0 Å². The molecule has 2 nitrogen and oxygen atoms in total. The molecular formula is C14H32BrNO. The molecule has 0 aliphatic carbocycles. The van der Waals surface area contributed by atoms with E-state index in [4.69, 9.17) is 5.11 Å². The van der Waals surface area contributed by atoms with E-state index in [2.05, 4.69) is 20.9 Å². The number of quaternary nitrogens is 1. The molecule has 0 aromatic rings. The Morgan fingerprint density at radius 1 is 0.765 bits per heavy atom. The minimum atomic E-state index is 0. The van der Waals surface area contributed by atoms with Crippen LogP contribution in [0.15, 0.2) is 0 Å². The molecule has 0 aromatic heterocycles. The van der Waals surface area contributed by atoms with Gasteiger partial charge in [-0.1, -0.05) is 33.1 Å². The molecule has 0 amide bonds. The van der Waals surface area contributed by atoms with Crippen LogP contribution in [0.25, 0.3) is 0 Å². The fourth-order valence-corrected chi connectivity index (χ4v) is 2.24. The van der Waals surface area contributed by atoms with Crippen molar-refractivity contribution < 1.29 is 26.6 Å². The van der Waals surface area contributed by atoms with E-state index in [1.165, 1.54) is 58.0 Å². The first kappa shape index (κ1) is 19.7. The Morgan fingerprint density at radius 2 is 1.24 bits per heavy atom. The molecule has 0 aliphatic rings. The van der Waals surface area contributed by atoms with Gasteiger partial charge in [-0.05, 0) is 25.7 Å². The third-order valence-electron chi connectivity index (χ3n) is 3.49. The van der Waals surface area contributed by atoms with Gasteiger partial charge in [0.25, 0.3) is 0 Å². The SMILES string of the molecule is CCCCCC[N+](C)(CCO)CCCCC.[Br-]. The Bertz CT molecular complexity index is 155. The van der Waals surface area contributed by atoms with Crippen molar-refractivity contribution in [2.75, 3.05) is 33.3 Å². The second kappa shape index (κ2) is 12.8. The molecule has 0 saturated carbocycles. The van der Waals surface area contributed by atoms with E-state index in [0.29, 0.717) is 6.61 Å². The monoisotopic (exact) mass is 309 g/mol. The van der Waals surface area contributed by atoms with E-state index in [-0.39, 0.29) is 17.0 Å². The molecule has 3 heteroatoms. The van der Waals surface area contributed by atoms with E-state index < -0.39 is 0 Å². The van der Waals surface area contributed by atoms with Crippen LogP contribution in [0.1, 0.15) is 58.8 Å². The highest BCUT2D eigenvalue weighted by molar-refractivity contribution is 4.45. The smallest absolute Gasteiger partial charge is 0.102 e. The minimum absolute atomic E-state index is 0. The molecule has 17 heavy (non-hydrogen) atoms. The summed E-state index contributed by atoms with van der Waals surface area (Å²) in [6, 6.07) is 0. The standard InChI is InChI=1S/C14H32NO.BrH/c1-4-6-8-10-12-15(3,13-14-16)11-9-7-5-2;/h16H,4-14H2,1-3H3;1H/q+1;/p-1. The summed E-state index contributed by atoms with van der Waals surface area (Å²) in [7, 11) is 2.30. The van der Waals surface area contributed by atoms with Crippen molar-refractivity contribution in [3.05, 3.63) is 0 Å². The highest BCUT2D eigenvalue weighted by atomic mass is 79.9. The predicted octanol–water partition coefficient (Wildman–Crippen LogP) is 0.200.